The highest BCUT2D eigenvalue weighted by molar-refractivity contribution is 7.12. The number of carbonyl (C=O) groups excluding carboxylic acids is 3. The Labute approximate surface area is 199 Å². The van der Waals surface area contributed by atoms with Crippen LogP contribution in [0.3, 0.4) is 0 Å². The van der Waals surface area contributed by atoms with Crippen molar-refractivity contribution in [1.29, 1.82) is 0 Å². The number of methoxy groups -OCH3 is 1. The lowest BCUT2D eigenvalue weighted by atomic mass is 9.70. The largest absolute Gasteiger partial charge is 0.468 e. The first-order valence-corrected chi connectivity index (χ1v) is 12.7. The molecule has 1 aliphatic heterocycles. The second-order valence-corrected chi connectivity index (χ2v) is 10.8. The topological polar surface area (TPSA) is 81.7 Å². The minimum Gasteiger partial charge on any atom is -0.468 e. The van der Waals surface area contributed by atoms with Gasteiger partial charge in [-0.1, -0.05) is 19.8 Å². The van der Waals surface area contributed by atoms with E-state index in [1.54, 1.807) is 11.3 Å². The third-order valence-corrected chi connectivity index (χ3v) is 8.15. The Morgan fingerprint density at radius 2 is 1.79 bits per heavy atom. The van der Waals surface area contributed by atoms with Crippen molar-refractivity contribution in [1.82, 2.24) is 5.32 Å². The zero-order valence-corrected chi connectivity index (χ0v) is 20.7. The van der Waals surface area contributed by atoms with E-state index in [0.29, 0.717) is 17.6 Å². The number of ketones is 1. The Balaban J connectivity index is 1.74. The van der Waals surface area contributed by atoms with Crippen molar-refractivity contribution in [2.24, 2.45) is 11.8 Å². The van der Waals surface area contributed by atoms with E-state index in [4.69, 9.17) is 9.47 Å². The molecule has 0 unspecified atom stereocenters. The zero-order chi connectivity index (χ0) is 23.7. The van der Waals surface area contributed by atoms with Crippen LogP contribution in [0.2, 0.25) is 0 Å². The fourth-order valence-electron chi connectivity index (χ4n) is 5.42. The lowest BCUT2D eigenvalue weighted by Gasteiger charge is -2.38. The number of allylic oxidation sites excluding steroid dienone is 3. The van der Waals surface area contributed by atoms with Gasteiger partial charge in [0, 0.05) is 26.7 Å². The monoisotopic (exact) mass is 471 g/mol. The maximum absolute atomic E-state index is 13.7. The van der Waals surface area contributed by atoms with Gasteiger partial charge in [0.15, 0.2) is 5.78 Å². The quantitative estimate of drug-likeness (QED) is 0.381. The van der Waals surface area contributed by atoms with E-state index >= 15 is 0 Å². The van der Waals surface area contributed by atoms with Crippen LogP contribution in [0.25, 0.3) is 0 Å². The van der Waals surface area contributed by atoms with Crippen molar-refractivity contribution >= 4 is 29.1 Å². The van der Waals surface area contributed by atoms with E-state index in [1.165, 1.54) is 20.0 Å². The molecule has 0 saturated heterocycles. The van der Waals surface area contributed by atoms with Gasteiger partial charge in [-0.25, -0.2) is 4.79 Å². The standard InChI is InChI=1S/C26H33NO5S/c1-14-13-18-22(24(28)20(14)25(29)31-4)23(19-12-11-15(2)33-19)21(16(3)27-18)26(30)32-17-9-7-5-6-8-10-17/h11-12,14,17,20,23,27H,5-10,13H2,1-4H3/t14-,20-,23+/m0/s1. The molecule has 3 aliphatic rings. The zero-order valence-electron chi connectivity index (χ0n) is 19.9. The molecule has 0 aromatic carbocycles. The number of hydrogen-bond acceptors (Lipinski definition) is 7. The number of carbonyl (C=O) groups is 3. The molecule has 0 amide bonds. The number of Topliss-reactive ketones (excluding diaryl/α,β-unsaturated/α-hetero) is 1. The minimum atomic E-state index is -0.864. The van der Waals surface area contributed by atoms with Gasteiger partial charge < -0.3 is 14.8 Å². The Morgan fingerprint density at radius 1 is 1.09 bits per heavy atom. The molecule has 3 atom stereocenters. The second-order valence-electron chi connectivity index (χ2n) is 9.50. The number of rotatable bonds is 4. The fourth-order valence-corrected chi connectivity index (χ4v) is 6.42. The van der Waals surface area contributed by atoms with E-state index < -0.39 is 17.8 Å². The first-order valence-electron chi connectivity index (χ1n) is 11.9. The van der Waals surface area contributed by atoms with Crippen molar-refractivity contribution in [2.45, 2.75) is 77.7 Å². The van der Waals surface area contributed by atoms with Gasteiger partial charge >= 0.3 is 11.9 Å². The number of hydrogen-bond donors (Lipinski definition) is 1. The third-order valence-electron chi connectivity index (χ3n) is 7.08. The summed E-state index contributed by atoms with van der Waals surface area (Å²) in [6.45, 7) is 5.78. The number of nitrogens with one attached hydrogen (secondary N) is 1. The molecule has 6 nitrogen and oxygen atoms in total. The fraction of sp³-hybridized carbons (Fsp3) is 0.577. The predicted octanol–water partition coefficient (Wildman–Crippen LogP) is 4.94. The molecule has 0 spiro atoms. The van der Waals surface area contributed by atoms with Crippen molar-refractivity contribution in [3.05, 3.63) is 44.4 Å². The number of thiophene rings is 1. The molecule has 1 aromatic rings. The number of ether oxygens (including phenoxy) is 2. The van der Waals surface area contributed by atoms with Crippen LogP contribution in [0, 0.1) is 18.8 Å². The maximum atomic E-state index is 13.7. The van der Waals surface area contributed by atoms with Crippen molar-refractivity contribution < 1.29 is 23.9 Å². The van der Waals surface area contributed by atoms with Gasteiger partial charge in [0.1, 0.15) is 12.0 Å². The molecule has 178 valence electrons. The molecule has 1 aromatic heterocycles. The molecule has 1 N–H and O–H groups in total. The van der Waals surface area contributed by atoms with Gasteiger partial charge in [0.05, 0.1) is 18.6 Å². The predicted molar refractivity (Wildman–Crippen MR) is 127 cm³/mol. The van der Waals surface area contributed by atoms with Crippen LogP contribution in [0.15, 0.2) is 34.7 Å². The van der Waals surface area contributed by atoms with E-state index in [9.17, 15) is 14.4 Å². The van der Waals surface area contributed by atoms with Crippen LogP contribution in [0.4, 0.5) is 0 Å². The van der Waals surface area contributed by atoms with Gasteiger partial charge in [-0.15, -0.1) is 11.3 Å². The molecule has 7 heteroatoms. The summed E-state index contributed by atoms with van der Waals surface area (Å²) in [7, 11) is 1.31. The first-order chi connectivity index (χ1) is 15.8. The highest BCUT2D eigenvalue weighted by Crippen LogP contribution is 2.47. The lowest BCUT2D eigenvalue weighted by Crippen LogP contribution is -2.43. The van der Waals surface area contributed by atoms with Crippen LogP contribution < -0.4 is 5.32 Å². The normalized spacial score (nSPS) is 26.4. The summed E-state index contributed by atoms with van der Waals surface area (Å²) in [6.07, 6.45) is 6.68. The van der Waals surface area contributed by atoms with Crippen LogP contribution in [0.5, 0.6) is 0 Å². The number of aryl methyl sites for hydroxylation is 1. The summed E-state index contributed by atoms with van der Waals surface area (Å²) >= 11 is 1.57. The Bertz CT molecular complexity index is 1010. The highest BCUT2D eigenvalue weighted by Gasteiger charge is 2.47. The first kappa shape index (κ1) is 23.7. The highest BCUT2D eigenvalue weighted by atomic mass is 32.1. The molecule has 0 bridgehead atoms. The summed E-state index contributed by atoms with van der Waals surface area (Å²) < 4.78 is 11.0. The van der Waals surface area contributed by atoms with Crippen molar-refractivity contribution in [2.75, 3.05) is 7.11 Å². The molecule has 2 aliphatic carbocycles. The summed E-state index contributed by atoms with van der Waals surface area (Å²) in [4.78, 5) is 41.8. The molecular formula is C26H33NO5S. The molecule has 33 heavy (non-hydrogen) atoms. The van der Waals surface area contributed by atoms with Crippen LogP contribution in [0.1, 0.15) is 74.5 Å². The molecule has 1 fully saturated rings. The Kier molecular flexibility index (Phi) is 7.07. The van der Waals surface area contributed by atoms with Gasteiger partial charge in [-0.05, 0) is 64.0 Å². The van der Waals surface area contributed by atoms with Crippen LogP contribution in [-0.2, 0) is 23.9 Å². The lowest BCUT2D eigenvalue weighted by molar-refractivity contribution is -0.151. The van der Waals surface area contributed by atoms with E-state index in [1.807, 2.05) is 32.9 Å². The smallest absolute Gasteiger partial charge is 0.337 e. The van der Waals surface area contributed by atoms with Gasteiger partial charge in [0.2, 0.25) is 0 Å². The molecule has 4 rings (SSSR count). The van der Waals surface area contributed by atoms with E-state index in [0.717, 1.165) is 46.8 Å². The molecule has 2 heterocycles. The summed E-state index contributed by atoms with van der Waals surface area (Å²) in [6, 6.07) is 3.98. The average Bonchev–Trinajstić information content (AvgIpc) is 3.03. The maximum Gasteiger partial charge on any atom is 0.337 e. The van der Waals surface area contributed by atoms with Gasteiger partial charge in [0.25, 0.3) is 0 Å². The third kappa shape index (κ3) is 4.65. The molecule has 0 radical (unpaired) electrons. The van der Waals surface area contributed by atoms with E-state index in [-0.39, 0.29) is 23.8 Å². The van der Waals surface area contributed by atoms with Crippen LogP contribution >= 0.6 is 11.3 Å². The van der Waals surface area contributed by atoms with Crippen LogP contribution in [-0.4, -0.2) is 30.9 Å². The summed E-state index contributed by atoms with van der Waals surface area (Å²) in [5.41, 5.74) is 2.50. The Morgan fingerprint density at radius 3 is 2.39 bits per heavy atom. The van der Waals surface area contributed by atoms with Gasteiger partial charge in [-0.2, -0.15) is 0 Å². The minimum absolute atomic E-state index is 0.0914. The summed E-state index contributed by atoms with van der Waals surface area (Å²) in [5.74, 6) is -2.73. The number of dihydropyridines is 1. The van der Waals surface area contributed by atoms with Crippen molar-refractivity contribution in [3.8, 4) is 0 Å². The Hall–Kier alpha value is -2.41. The van der Waals surface area contributed by atoms with Gasteiger partial charge in [-0.3, -0.25) is 9.59 Å². The summed E-state index contributed by atoms with van der Waals surface area (Å²) in [5, 5.41) is 3.33. The SMILES string of the molecule is COC(=O)[C@@H]1C(=O)C2=C(C[C@@H]1C)NC(C)=C(C(=O)OC1CCCCCC1)[C@H]2c1ccc(C)s1. The second kappa shape index (κ2) is 9.84. The number of esters is 2. The molecule has 1 saturated carbocycles. The average molecular weight is 472 g/mol. The van der Waals surface area contributed by atoms with Crippen molar-refractivity contribution in [3.63, 3.8) is 0 Å². The van der Waals surface area contributed by atoms with E-state index in [2.05, 4.69) is 5.32 Å². The molecular weight excluding hydrogens is 438 g/mol.